The molecule has 1 unspecified atom stereocenters. The van der Waals surface area contributed by atoms with Gasteiger partial charge in [0.1, 0.15) is 17.5 Å². The molecule has 2 aromatic rings. The fourth-order valence-corrected chi connectivity index (χ4v) is 2.67. The zero-order valence-corrected chi connectivity index (χ0v) is 16.3. The normalized spacial score (nSPS) is 11.5. The summed E-state index contributed by atoms with van der Waals surface area (Å²) in [6.07, 6.45) is 0. The highest BCUT2D eigenvalue weighted by atomic mass is 127. The molecule has 0 aliphatic rings. The van der Waals surface area contributed by atoms with Gasteiger partial charge in [-0.05, 0) is 66.3 Å². The highest BCUT2D eigenvalue weighted by Gasteiger charge is 2.16. The van der Waals surface area contributed by atoms with E-state index in [0.29, 0.717) is 17.2 Å². The monoisotopic (exact) mass is 440 g/mol. The first kappa shape index (κ1) is 18.4. The number of anilines is 2. The van der Waals surface area contributed by atoms with Gasteiger partial charge in [0.25, 0.3) is 0 Å². The van der Waals surface area contributed by atoms with Crippen LogP contribution in [-0.2, 0) is 4.79 Å². The molecule has 0 fully saturated rings. The van der Waals surface area contributed by atoms with Gasteiger partial charge in [-0.25, -0.2) is 0 Å². The van der Waals surface area contributed by atoms with Gasteiger partial charge < -0.3 is 20.1 Å². The van der Waals surface area contributed by atoms with Gasteiger partial charge in [0, 0.05) is 15.3 Å². The molecule has 2 rings (SSSR count). The molecule has 0 saturated heterocycles. The van der Waals surface area contributed by atoms with E-state index in [2.05, 4.69) is 40.1 Å². The lowest BCUT2D eigenvalue weighted by atomic mass is 10.2. The molecule has 0 aliphatic carbocycles. The van der Waals surface area contributed by atoms with E-state index in [1.807, 2.05) is 25.1 Å². The molecule has 0 saturated carbocycles. The molecule has 6 heteroatoms. The Bertz CT molecular complexity index is 734. The molecule has 128 valence electrons. The van der Waals surface area contributed by atoms with Gasteiger partial charge in [-0.1, -0.05) is 6.07 Å². The van der Waals surface area contributed by atoms with Crippen molar-refractivity contribution in [2.24, 2.45) is 0 Å². The van der Waals surface area contributed by atoms with E-state index in [0.717, 1.165) is 9.26 Å². The summed E-state index contributed by atoms with van der Waals surface area (Å²) in [5, 5.41) is 6.08. The fourth-order valence-electron chi connectivity index (χ4n) is 2.15. The second-order valence-corrected chi connectivity index (χ2v) is 6.55. The van der Waals surface area contributed by atoms with Crippen molar-refractivity contribution in [2.45, 2.75) is 19.9 Å². The van der Waals surface area contributed by atoms with Crippen molar-refractivity contribution in [1.82, 2.24) is 0 Å². The maximum Gasteiger partial charge on any atom is 0.246 e. The maximum absolute atomic E-state index is 12.5. The molecule has 0 spiro atoms. The molecule has 24 heavy (non-hydrogen) atoms. The van der Waals surface area contributed by atoms with Gasteiger partial charge >= 0.3 is 0 Å². The molecule has 1 amide bonds. The summed E-state index contributed by atoms with van der Waals surface area (Å²) in [6, 6.07) is 10.9. The van der Waals surface area contributed by atoms with E-state index in [4.69, 9.17) is 9.47 Å². The van der Waals surface area contributed by atoms with Crippen molar-refractivity contribution >= 4 is 39.9 Å². The molecule has 1 atom stereocenters. The Morgan fingerprint density at radius 2 is 1.88 bits per heavy atom. The second kappa shape index (κ2) is 8.23. The van der Waals surface area contributed by atoms with Gasteiger partial charge in [-0.15, -0.1) is 0 Å². The van der Waals surface area contributed by atoms with Gasteiger partial charge in [-0.3, -0.25) is 4.79 Å². The number of benzene rings is 2. The molecule has 2 aromatic carbocycles. The average molecular weight is 440 g/mol. The van der Waals surface area contributed by atoms with E-state index in [9.17, 15) is 4.79 Å². The minimum Gasteiger partial charge on any atom is -0.497 e. The van der Waals surface area contributed by atoms with Crippen molar-refractivity contribution in [2.75, 3.05) is 24.9 Å². The predicted molar refractivity (Wildman–Crippen MR) is 105 cm³/mol. The van der Waals surface area contributed by atoms with Crippen LogP contribution in [0, 0.1) is 10.5 Å². The Morgan fingerprint density at radius 1 is 1.12 bits per heavy atom. The number of nitrogens with one attached hydrogen (secondary N) is 2. The fraction of sp³-hybridized carbons (Fsp3) is 0.278. The lowest BCUT2D eigenvalue weighted by molar-refractivity contribution is -0.116. The number of hydrogen-bond donors (Lipinski definition) is 2. The first-order chi connectivity index (χ1) is 11.4. The van der Waals surface area contributed by atoms with Crippen LogP contribution in [0.25, 0.3) is 0 Å². The standard InChI is InChI=1S/C18H21IN2O3/c1-11-5-6-13(9-15(11)19)20-12(2)18(22)21-16-10-14(23-3)7-8-17(16)24-4/h5-10,12,20H,1-4H3,(H,21,22). The maximum atomic E-state index is 12.5. The van der Waals surface area contributed by atoms with Crippen molar-refractivity contribution < 1.29 is 14.3 Å². The minimum absolute atomic E-state index is 0.155. The number of carbonyl (C=O) groups excluding carboxylic acids is 1. The first-order valence-corrected chi connectivity index (χ1v) is 8.58. The van der Waals surface area contributed by atoms with Crippen LogP contribution in [0.2, 0.25) is 0 Å². The number of aryl methyl sites for hydroxylation is 1. The zero-order valence-electron chi connectivity index (χ0n) is 14.1. The molecular weight excluding hydrogens is 419 g/mol. The van der Waals surface area contributed by atoms with Crippen LogP contribution in [0.3, 0.4) is 0 Å². The number of carbonyl (C=O) groups is 1. The van der Waals surface area contributed by atoms with E-state index < -0.39 is 6.04 Å². The van der Waals surface area contributed by atoms with Gasteiger partial charge in [0.2, 0.25) is 5.91 Å². The summed E-state index contributed by atoms with van der Waals surface area (Å²) in [7, 11) is 3.14. The molecule has 0 radical (unpaired) electrons. The second-order valence-electron chi connectivity index (χ2n) is 5.39. The lowest BCUT2D eigenvalue weighted by Gasteiger charge is -2.17. The Morgan fingerprint density at radius 3 is 2.50 bits per heavy atom. The average Bonchev–Trinajstić information content (AvgIpc) is 2.58. The quantitative estimate of drug-likeness (QED) is 0.666. The summed E-state index contributed by atoms with van der Waals surface area (Å²) in [4.78, 5) is 12.5. The highest BCUT2D eigenvalue weighted by molar-refractivity contribution is 14.1. The zero-order chi connectivity index (χ0) is 17.7. The van der Waals surface area contributed by atoms with Crippen molar-refractivity contribution in [3.8, 4) is 11.5 Å². The summed E-state index contributed by atoms with van der Waals surface area (Å²) in [5.74, 6) is 1.08. The molecule has 0 bridgehead atoms. The van der Waals surface area contributed by atoms with E-state index in [1.54, 1.807) is 32.4 Å². The number of halogens is 1. The summed E-state index contributed by atoms with van der Waals surface area (Å²) >= 11 is 2.28. The molecule has 0 heterocycles. The van der Waals surface area contributed by atoms with E-state index in [1.165, 1.54) is 5.56 Å². The SMILES string of the molecule is COc1ccc(OC)c(NC(=O)C(C)Nc2ccc(C)c(I)c2)c1. The number of ether oxygens (including phenoxy) is 2. The van der Waals surface area contributed by atoms with E-state index >= 15 is 0 Å². The first-order valence-electron chi connectivity index (χ1n) is 7.50. The van der Waals surface area contributed by atoms with Gasteiger partial charge in [0.15, 0.2) is 0 Å². The topological polar surface area (TPSA) is 59.6 Å². The summed E-state index contributed by atoms with van der Waals surface area (Å²) in [6.45, 7) is 3.87. The van der Waals surface area contributed by atoms with Gasteiger partial charge in [-0.2, -0.15) is 0 Å². The summed E-state index contributed by atoms with van der Waals surface area (Å²) in [5.41, 5.74) is 2.69. The molecule has 0 aromatic heterocycles. The van der Waals surface area contributed by atoms with Gasteiger partial charge in [0.05, 0.1) is 19.9 Å². The third-order valence-corrected chi connectivity index (χ3v) is 4.77. The van der Waals surface area contributed by atoms with Crippen LogP contribution >= 0.6 is 22.6 Å². The molecule has 0 aliphatic heterocycles. The smallest absolute Gasteiger partial charge is 0.246 e. The van der Waals surface area contributed by atoms with Crippen LogP contribution in [0.1, 0.15) is 12.5 Å². The Labute approximate surface area is 155 Å². The highest BCUT2D eigenvalue weighted by Crippen LogP contribution is 2.29. The predicted octanol–water partition coefficient (Wildman–Crippen LogP) is 4.06. The Kier molecular flexibility index (Phi) is 6.30. The molecule has 5 nitrogen and oxygen atoms in total. The third kappa shape index (κ3) is 4.53. The van der Waals surface area contributed by atoms with Crippen LogP contribution in [0.4, 0.5) is 11.4 Å². The van der Waals surface area contributed by atoms with Crippen molar-refractivity contribution in [1.29, 1.82) is 0 Å². The number of methoxy groups -OCH3 is 2. The number of hydrogen-bond acceptors (Lipinski definition) is 4. The number of rotatable bonds is 6. The third-order valence-electron chi connectivity index (χ3n) is 3.61. The Hall–Kier alpha value is -1.96. The van der Waals surface area contributed by atoms with Crippen molar-refractivity contribution in [3.05, 3.63) is 45.5 Å². The largest absolute Gasteiger partial charge is 0.497 e. The van der Waals surface area contributed by atoms with Crippen LogP contribution in [0.15, 0.2) is 36.4 Å². The summed E-state index contributed by atoms with van der Waals surface area (Å²) < 4.78 is 11.6. The molecule has 2 N–H and O–H groups in total. The van der Waals surface area contributed by atoms with Crippen LogP contribution in [-0.4, -0.2) is 26.2 Å². The van der Waals surface area contributed by atoms with Crippen LogP contribution in [0.5, 0.6) is 11.5 Å². The minimum atomic E-state index is -0.403. The van der Waals surface area contributed by atoms with Crippen molar-refractivity contribution in [3.63, 3.8) is 0 Å². The molecular formula is C18H21IN2O3. The van der Waals surface area contributed by atoms with Crippen LogP contribution < -0.4 is 20.1 Å². The number of amides is 1. The lowest BCUT2D eigenvalue weighted by Crippen LogP contribution is -2.32. The Balaban J connectivity index is 2.09. The van der Waals surface area contributed by atoms with E-state index in [-0.39, 0.29) is 5.91 Å².